The zero-order valence-electron chi connectivity index (χ0n) is 19.8. The quantitative estimate of drug-likeness (QED) is 0.314. The molecule has 12 nitrogen and oxygen atoms in total. The normalized spacial score (nSPS) is 18.0. The number of aldehydes is 1. The summed E-state index contributed by atoms with van der Waals surface area (Å²) < 4.78 is 10.9. The Balaban J connectivity index is 0.00000400. The van der Waals surface area contributed by atoms with E-state index in [1.807, 2.05) is 0 Å². The molecule has 0 radical (unpaired) electrons. The van der Waals surface area contributed by atoms with Gasteiger partial charge in [0.15, 0.2) is 6.17 Å². The van der Waals surface area contributed by atoms with Crippen LogP contribution in [0.5, 0.6) is 0 Å². The third-order valence-electron chi connectivity index (χ3n) is 5.72. The van der Waals surface area contributed by atoms with Crippen LogP contribution in [0.2, 0.25) is 4.34 Å². The second-order valence-corrected chi connectivity index (χ2v) is 9.82. The Morgan fingerprint density at radius 1 is 1.18 bits per heavy atom. The highest BCUT2D eigenvalue weighted by Crippen LogP contribution is 2.27. The number of carboxylic acids is 1. The van der Waals surface area contributed by atoms with E-state index in [0.717, 1.165) is 16.2 Å². The van der Waals surface area contributed by atoms with Crippen LogP contribution in [0.15, 0.2) is 36.4 Å². The summed E-state index contributed by atoms with van der Waals surface area (Å²) in [6, 6.07) is 9.74. The summed E-state index contributed by atoms with van der Waals surface area (Å²) in [7, 11) is 0. The molecular formula is C23H24Cl2N4O8S. The molecule has 0 aliphatic carbocycles. The molecule has 2 saturated heterocycles. The van der Waals surface area contributed by atoms with Crippen molar-refractivity contribution in [3.8, 4) is 0 Å². The van der Waals surface area contributed by atoms with Crippen molar-refractivity contribution >= 4 is 76.9 Å². The Kier molecular flexibility index (Phi) is 10.1. The van der Waals surface area contributed by atoms with Crippen molar-refractivity contribution in [1.82, 2.24) is 10.2 Å². The molecule has 3 amide bonds. The number of carbonyl (C=O) groups is 5. The first-order chi connectivity index (χ1) is 17.8. The third-order valence-corrected chi connectivity index (χ3v) is 6.94. The molecule has 0 bridgehead atoms. The molecule has 0 spiro atoms. The van der Waals surface area contributed by atoms with Crippen molar-refractivity contribution in [2.24, 2.45) is 0 Å². The van der Waals surface area contributed by atoms with Crippen LogP contribution in [0, 0.1) is 0 Å². The largest absolute Gasteiger partial charge is 0.479 e. The monoisotopic (exact) mass is 586 g/mol. The molecule has 3 heterocycles. The average molecular weight is 587 g/mol. The van der Waals surface area contributed by atoms with Gasteiger partial charge in [0.05, 0.1) is 35.5 Å². The maximum Gasteiger partial charge on any atom is 0.414 e. The van der Waals surface area contributed by atoms with Gasteiger partial charge in [0.25, 0.3) is 11.8 Å². The molecule has 15 heteroatoms. The predicted octanol–water partition coefficient (Wildman–Crippen LogP) is 1.85. The minimum Gasteiger partial charge on any atom is -0.479 e. The number of anilines is 2. The SMILES string of the molecule is Cl.O=CCNC(C(=O)O)N(C[C@H]1CN(c2ccc(N3CCOCC3=O)cc2)C(=O)O1)C(=O)c1ccc(Cl)s1. The molecule has 204 valence electrons. The molecule has 4 rings (SSSR count). The lowest BCUT2D eigenvalue weighted by Gasteiger charge is -2.30. The number of amides is 3. The van der Waals surface area contributed by atoms with Gasteiger partial charge in [0.1, 0.15) is 19.0 Å². The molecule has 1 aromatic heterocycles. The Hall–Kier alpha value is -3.23. The number of thiophene rings is 1. The molecule has 2 aliphatic heterocycles. The van der Waals surface area contributed by atoms with E-state index in [-0.39, 0.29) is 49.4 Å². The average Bonchev–Trinajstić information content (AvgIpc) is 3.48. The van der Waals surface area contributed by atoms with Crippen molar-refractivity contribution in [2.75, 3.05) is 49.2 Å². The van der Waals surface area contributed by atoms with Gasteiger partial charge in [-0.25, -0.2) is 9.59 Å². The van der Waals surface area contributed by atoms with Crippen LogP contribution in [0.4, 0.5) is 16.2 Å². The lowest BCUT2D eigenvalue weighted by atomic mass is 10.2. The number of hydrogen-bond donors (Lipinski definition) is 2. The summed E-state index contributed by atoms with van der Waals surface area (Å²) in [6.07, 6.45) is -2.59. The number of carbonyl (C=O) groups excluding carboxylic acids is 4. The molecule has 38 heavy (non-hydrogen) atoms. The van der Waals surface area contributed by atoms with Gasteiger partial charge in [-0.15, -0.1) is 23.7 Å². The Labute approximate surface area is 232 Å². The Bertz CT molecular complexity index is 1190. The second kappa shape index (κ2) is 13.0. The highest BCUT2D eigenvalue weighted by Gasteiger charge is 2.38. The second-order valence-electron chi connectivity index (χ2n) is 8.11. The molecular weight excluding hydrogens is 563 g/mol. The smallest absolute Gasteiger partial charge is 0.414 e. The number of morpholine rings is 1. The lowest BCUT2D eigenvalue weighted by molar-refractivity contribution is -0.144. The summed E-state index contributed by atoms with van der Waals surface area (Å²) in [4.78, 5) is 64.9. The number of halogens is 2. The van der Waals surface area contributed by atoms with Crippen molar-refractivity contribution in [3.63, 3.8) is 0 Å². The van der Waals surface area contributed by atoms with Gasteiger partial charge in [-0.2, -0.15) is 0 Å². The number of carboxylic acid groups (broad SMARTS) is 1. The van der Waals surface area contributed by atoms with Crippen LogP contribution in [0.1, 0.15) is 9.67 Å². The van der Waals surface area contributed by atoms with E-state index in [1.165, 1.54) is 17.0 Å². The summed E-state index contributed by atoms with van der Waals surface area (Å²) in [5.41, 5.74) is 1.17. The number of benzene rings is 1. The van der Waals surface area contributed by atoms with Crippen LogP contribution in [0.25, 0.3) is 0 Å². The van der Waals surface area contributed by atoms with E-state index in [4.69, 9.17) is 21.1 Å². The molecule has 2 aromatic rings. The maximum atomic E-state index is 13.2. The van der Waals surface area contributed by atoms with E-state index in [1.54, 1.807) is 29.2 Å². The van der Waals surface area contributed by atoms with Crippen LogP contribution in [-0.4, -0.2) is 91.8 Å². The van der Waals surface area contributed by atoms with Gasteiger partial charge in [0.2, 0.25) is 0 Å². The number of hydrogen-bond acceptors (Lipinski definition) is 9. The van der Waals surface area contributed by atoms with Crippen molar-refractivity contribution in [1.29, 1.82) is 0 Å². The number of ether oxygens (including phenoxy) is 2. The molecule has 2 atom stereocenters. The topological polar surface area (TPSA) is 146 Å². The zero-order valence-corrected chi connectivity index (χ0v) is 22.2. The van der Waals surface area contributed by atoms with Gasteiger partial charge in [0, 0.05) is 17.9 Å². The van der Waals surface area contributed by atoms with Crippen LogP contribution in [0.3, 0.4) is 0 Å². The number of aliphatic carboxylic acids is 1. The van der Waals surface area contributed by atoms with E-state index in [2.05, 4.69) is 5.32 Å². The maximum absolute atomic E-state index is 13.2. The van der Waals surface area contributed by atoms with Crippen LogP contribution in [-0.2, 0) is 23.9 Å². The van der Waals surface area contributed by atoms with E-state index >= 15 is 0 Å². The van der Waals surface area contributed by atoms with Crippen molar-refractivity contribution in [3.05, 3.63) is 45.6 Å². The molecule has 2 aliphatic rings. The van der Waals surface area contributed by atoms with Gasteiger partial charge >= 0.3 is 12.1 Å². The minimum atomic E-state index is -1.54. The summed E-state index contributed by atoms with van der Waals surface area (Å²) in [6.45, 7) is 0.353. The fourth-order valence-corrected chi connectivity index (χ4v) is 5.02. The Morgan fingerprint density at radius 2 is 1.87 bits per heavy atom. The van der Waals surface area contributed by atoms with Gasteiger partial charge in [-0.3, -0.25) is 19.8 Å². The van der Waals surface area contributed by atoms with Gasteiger partial charge in [-0.05, 0) is 36.4 Å². The number of cyclic esters (lactones) is 1. The third kappa shape index (κ3) is 6.60. The van der Waals surface area contributed by atoms with Gasteiger partial charge in [-0.1, -0.05) is 11.6 Å². The standard InChI is InChI=1S/C23H23ClN4O8S.ClH/c24-18-6-5-17(37-18)21(31)28(20(22(32)33)25-7-9-29)12-16-11-27(23(34)36-16)15-3-1-14(2-4-15)26-8-10-35-13-19(26)30;/h1-6,9,16,20,25H,7-8,10-13H2,(H,32,33);1H/t16-,20?;/m1./s1. The molecule has 1 unspecified atom stereocenters. The molecule has 1 aromatic carbocycles. The Morgan fingerprint density at radius 3 is 2.45 bits per heavy atom. The first-order valence-electron chi connectivity index (χ1n) is 11.2. The summed E-state index contributed by atoms with van der Waals surface area (Å²) >= 11 is 6.92. The first-order valence-corrected chi connectivity index (χ1v) is 12.4. The highest BCUT2D eigenvalue weighted by atomic mass is 35.5. The molecule has 2 fully saturated rings. The van der Waals surface area contributed by atoms with E-state index in [0.29, 0.717) is 35.1 Å². The number of rotatable bonds is 10. The summed E-state index contributed by atoms with van der Waals surface area (Å²) in [5.74, 6) is -2.18. The zero-order chi connectivity index (χ0) is 26.5. The fraction of sp³-hybridized carbons (Fsp3) is 0.348. The molecule has 0 saturated carbocycles. The minimum absolute atomic E-state index is 0. The first kappa shape index (κ1) is 29.3. The van der Waals surface area contributed by atoms with Crippen molar-refractivity contribution in [2.45, 2.75) is 12.3 Å². The summed E-state index contributed by atoms with van der Waals surface area (Å²) in [5, 5.41) is 12.2. The lowest BCUT2D eigenvalue weighted by Crippen LogP contribution is -2.56. The van der Waals surface area contributed by atoms with Crippen LogP contribution < -0.4 is 15.1 Å². The van der Waals surface area contributed by atoms with Crippen LogP contribution >= 0.6 is 35.3 Å². The predicted molar refractivity (Wildman–Crippen MR) is 140 cm³/mol. The fourth-order valence-electron chi connectivity index (χ4n) is 4.02. The number of nitrogens with one attached hydrogen (secondary N) is 1. The van der Waals surface area contributed by atoms with E-state index < -0.39 is 30.2 Å². The number of nitrogens with zero attached hydrogens (tertiary/aromatic N) is 3. The molecule has 2 N–H and O–H groups in total. The van der Waals surface area contributed by atoms with Gasteiger partial charge < -0.3 is 29.2 Å². The van der Waals surface area contributed by atoms with Crippen molar-refractivity contribution < 1.29 is 38.6 Å². The van der Waals surface area contributed by atoms with E-state index in [9.17, 15) is 29.1 Å². The highest BCUT2D eigenvalue weighted by molar-refractivity contribution is 7.18.